The van der Waals surface area contributed by atoms with E-state index in [1.165, 1.54) is 18.4 Å². The van der Waals surface area contributed by atoms with Gasteiger partial charge in [0.25, 0.3) is 5.91 Å². The Balaban J connectivity index is 1.80. The summed E-state index contributed by atoms with van der Waals surface area (Å²) in [6.45, 7) is 9.11. The van der Waals surface area contributed by atoms with Gasteiger partial charge in [0, 0.05) is 18.3 Å². The van der Waals surface area contributed by atoms with Crippen molar-refractivity contribution in [2.45, 2.75) is 46.3 Å². The predicted molar refractivity (Wildman–Crippen MR) is 112 cm³/mol. The number of rotatable bonds is 7. The van der Waals surface area contributed by atoms with Gasteiger partial charge in [0.15, 0.2) is 0 Å². The van der Waals surface area contributed by atoms with Crippen LogP contribution in [0.5, 0.6) is 11.5 Å². The van der Waals surface area contributed by atoms with Crippen LogP contribution in [-0.4, -0.2) is 37.1 Å². The van der Waals surface area contributed by atoms with E-state index in [-0.39, 0.29) is 12.0 Å². The molecule has 0 aliphatic carbocycles. The lowest BCUT2D eigenvalue weighted by Crippen LogP contribution is -2.19. The van der Waals surface area contributed by atoms with Crippen molar-refractivity contribution in [3.8, 4) is 11.5 Å². The molecule has 0 spiro atoms. The number of nitrogens with one attached hydrogen (secondary N) is 1. The SMILES string of the molecule is COc1ccc(C(=O)Nc2cc(CN3CCCC3)ccc2C)c(OC(C)C)c1. The molecule has 1 amide bonds. The monoisotopic (exact) mass is 382 g/mol. The van der Waals surface area contributed by atoms with E-state index in [4.69, 9.17) is 9.47 Å². The Morgan fingerprint density at radius 3 is 2.57 bits per heavy atom. The van der Waals surface area contributed by atoms with Gasteiger partial charge in [-0.15, -0.1) is 0 Å². The van der Waals surface area contributed by atoms with Crippen LogP contribution in [0.3, 0.4) is 0 Å². The van der Waals surface area contributed by atoms with E-state index in [2.05, 4.69) is 28.4 Å². The van der Waals surface area contributed by atoms with Crippen LogP contribution in [0.2, 0.25) is 0 Å². The van der Waals surface area contributed by atoms with Gasteiger partial charge in [0.2, 0.25) is 0 Å². The lowest BCUT2D eigenvalue weighted by atomic mass is 10.1. The standard InChI is InChI=1S/C23H30N2O3/c1-16(2)28-22-14-19(27-4)9-10-20(22)23(26)24-21-13-18(8-7-17(21)3)15-25-11-5-6-12-25/h7-10,13-14,16H,5-6,11-12,15H2,1-4H3,(H,24,26). The zero-order chi connectivity index (χ0) is 20.1. The number of hydrogen-bond acceptors (Lipinski definition) is 4. The fraction of sp³-hybridized carbons (Fsp3) is 0.435. The number of aryl methyl sites for hydroxylation is 1. The summed E-state index contributed by atoms with van der Waals surface area (Å²) in [6.07, 6.45) is 2.50. The van der Waals surface area contributed by atoms with Gasteiger partial charge in [0.05, 0.1) is 18.8 Å². The number of ether oxygens (including phenoxy) is 2. The van der Waals surface area contributed by atoms with E-state index in [1.807, 2.05) is 20.8 Å². The molecular formula is C23H30N2O3. The molecular weight excluding hydrogens is 352 g/mol. The summed E-state index contributed by atoms with van der Waals surface area (Å²) in [7, 11) is 1.60. The number of amides is 1. The van der Waals surface area contributed by atoms with Crippen molar-refractivity contribution in [2.75, 3.05) is 25.5 Å². The van der Waals surface area contributed by atoms with E-state index < -0.39 is 0 Å². The first kappa shape index (κ1) is 20.2. The summed E-state index contributed by atoms with van der Waals surface area (Å²) in [5, 5.41) is 3.06. The molecule has 2 aromatic carbocycles. The molecule has 1 saturated heterocycles. The van der Waals surface area contributed by atoms with Crippen molar-refractivity contribution in [1.29, 1.82) is 0 Å². The van der Waals surface area contributed by atoms with Gasteiger partial charge in [-0.3, -0.25) is 9.69 Å². The summed E-state index contributed by atoms with van der Waals surface area (Å²) >= 11 is 0. The number of benzene rings is 2. The molecule has 0 unspecified atom stereocenters. The van der Waals surface area contributed by atoms with Crippen molar-refractivity contribution in [3.05, 3.63) is 53.1 Å². The van der Waals surface area contributed by atoms with Crippen molar-refractivity contribution >= 4 is 11.6 Å². The first-order valence-electron chi connectivity index (χ1n) is 9.94. The highest BCUT2D eigenvalue weighted by atomic mass is 16.5. The Labute approximate surface area is 167 Å². The summed E-state index contributed by atoms with van der Waals surface area (Å²) < 4.78 is 11.1. The Hall–Kier alpha value is -2.53. The second-order valence-corrected chi connectivity index (χ2v) is 7.62. The maximum Gasteiger partial charge on any atom is 0.259 e. The minimum Gasteiger partial charge on any atom is -0.497 e. The third-order valence-corrected chi connectivity index (χ3v) is 4.95. The number of likely N-dealkylation sites (tertiary alicyclic amines) is 1. The van der Waals surface area contributed by atoms with Gasteiger partial charge >= 0.3 is 0 Å². The molecule has 1 aliphatic rings. The van der Waals surface area contributed by atoms with Gasteiger partial charge in [-0.1, -0.05) is 12.1 Å². The average molecular weight is 383 g/mol. The summed E-state index contributed by atoms with van der Waals surface area (Å²) in [6, 6.07) is 11.6. The van der Waals surface area contributed by atoms with E-state index in [1.54, 1.807) is 25.3 Å². The number of carbonyl (C=O) groups excluding carboxylic acids is 1. The van der Waals surface area contributed by atoms with E-state index in [9.17, 15) is 4.79 Å². The van der Waals surface area contributed by atoms with Crippen LogP contribution >= 0.6 is 0 Å². The largest absolute Gasteiger partial charge is 0.497 e. The van der Waals surface area contributed by atoms with Crippen LogP contribution in [0.1, 0.15) is 48.2 Å². The first-order chi connectivity index (χ1) is 13.5. The van der Waals surface area contributed by atoms with E-state index in [0.29, 0.717) is 17.1 Å². The van der Waals surface area contributed by atoms with Gasteiger partial charge in [-0.2, -0.15) is 0 Å². The molecule has 1 aliphatic heterocycles. The Kier molecular flexibility index (Phi) is 6.57. The molecule has 5 heteroatoms. The van der Waals surface area contributed by atoms with Crippen LogP contribution in [0.4, 0.5) is 5.69 Å². The van der Waals surface area contributed by atoms with Gasteiger partial charge in [0.1, 0.15) is 11.5 Å². The molecule has 5 nitrogen and oxygen atoms in total. The third kappa shape index (κ3) is 5.04. The number of methoxy groups -OCH3 is 1. The smallest absolute Gasteiger partial charge is 0.259 e. The van der Waals surface area contributed by atoms with Crippen molar-refractivity contribution in [1.82, 2.24) is 4.90 Å². The summed E-state index contributed by atoms with van der Waals surface area (Å²) in [5.41, 5.74) is 3.60. The fourth-order valence-electron chi connectivity index (χ4n) is 3.46. The molecule has 0 atom stereocenters. The second-order valence-electron chi connectivity index (χ2n) is 7.62. The molecule has 2 aromatic rings. The van der Waals surface area contributed by atoms with Crippen molar-refractivity contribution in [2.24, 2.45) is 0 Å². The summed E-state index contributed by atoms with van der Waals surface area (Å²) in [5.74, 6) is 1.01. The second kappa shape index (κ2) is 9.11. The van der Waals surface area contributed by atoms with Crippen LogP contribution in [0.25, 0.3) is 0 Å². The zero-order valence-electron chi connectivity index (χ0n) is 17.2. The normalized spacial score (nSPS) is 14.3. The van der Waals surface area contributed by atoms with Crippen molar-refractivity contribution in [3.63, 3.8) is 0 Å². The van der Waals surface area contributed by atoms with Crippen LogP contribution in [0.15, 0.2) is 36.4 Å². The molecule has 0 saturated carbocycles. The highest BCUT2D eigenvalue weighted by Gasteiger charge is 2.17. The van der Waals surface area contributed by atoms with E-state index >= 15 is 0 Å². The van der Waals surface area contributed by atoms with Gasteiger partial charge in [-0.05, 0) is 76.0 Å². The van der Waals surface area contributed by atoms with Crippen molar-refractivity contribution < 1.29 is 14.3 Å². The average Bonchev–Trinajstić information content (AvgIpc) is 3.16. The quantitative estimate of drug-likeness (QED) is 0.758. The van der Waals surface area contributed by atoms with Crippen LogP contribution in [0, 0.1) is 6.92 Å². The third-order valence-electron chi connectivity index (χ3n) is 4.95. The van der Waals surface area contributed by atoms with Gasteiger partial charge in [-0.25, -0.2) is 0 Å². The zero-order valence-corrected chi connectivity index (χ0v) is 17.2. The maximum atomic E-state index is 13.0. The highest BCUT2D eigenvalue weighted by molar-refractivity contribution is 6.06. The molecule has 0 aromatic heterocycles. The molecule has 1 N–H and O–H groups in total. The Bertz CT molecular complexity index is 827. The molecule has 0 radical (unpaired) electrons. The molecule has 28 heavy (non-hydrogen) atoms. The minimum absolute atomic E-state index is 0.0378. The summed E-state index contributed by atoms with van der Waals surface area (Å²) in [4.78, 5) is 15.4. The fourth-order valence-corrected chi connectivity index (χ4v) is 3.46. The number of nitrogens with zero attached hydrogens (tertiary/aromatic N) is 1. The number of anilines is 1. The van der Waals surface area contributed by atoms with Gasteiger partial charge < -0.3 is 14.8 Å². The minimum atomic E-state index is -0.181. The Morgan fingerprint density at radius 1 is 1.14 bits per heavy atom. The molecule has 0 bridgehead atoms. The molecule has 1 heterocycles. The highest BCUT2D eigenvalue weighted by Crippen LogP contribution is 2.28. The maximum absolute atomic E-state index is 13.0. The molecule has 3 rings (SSSR count). The van der Waals surface area contributed by atoms with Crippen LogP contribution in [-0.2, 0) is 6.54 Å². The van der Waals surface area contributed by atoms with E-state index in [0.717, 1.165) is 30.9 Å². The lowest BCUT2D eigenvalue weighted by molar-refractivity contribution is 0.102. The molecule has 150 valence electrons. The number of hydrogen-bond donors (Lipinski definition) is 1. The Morgan fingerprint density at radius 2 is 1.89 bits per heavy atom. The number of carbonyl (C=O) groups is 1. The molecule has 1 fully saturated rings. The van der Waals surface area contributed by atoms with Crippen LogP contribution < -0.4 is 14.8 Å². The first-order valence-corrected chi connectivity index (χ1v) is 9.94. The predicted octanol–water partition coefficient (Wildman–Crippen LogP) is 4.64. The topological polar surface area (TPSA) is 50.8 Å². The lowest BCUT2D eigenvalue weighted by Gasteiger charge is -2.18.